The second-order valence-electron chi connectivity index (χ2n) is 4.82. The maximum absolute atomic E-state index is 12.8. The van der Waals surface area contributed by atoms with Gasteiger partial charge in [-0.3, -0.25) is 0 Å². The van der Waals surface area contributed by atoms with Crippen molar-refractivity contribution in [1.82, 2.24) is 0 Å². The predicted octanol–water partition coefficient (Wildman–Crippen LogP) is 3.82. The van der Waals surface area contributed by atoms with Crippen LogP contribution in [0.2, 0.25) is 0 Å². The molecule has 2 aromatic carbocycles. The van der Waals surface area contributed by atoms with Gasteiger partial charge in [0.25, 0.3) is 0 Å². The first-order chi connectivity index (χ1) is 10.1. The van der Waals surface area contributed by atoms with E-state index in [2.05, 4.69) is 0 Å². The molecule has 21 heavy (non-hydrogen) atoms. The zero-order valence-electron chi connectivity index (χ0n) is 11.4. The van der Waals surface area contributed by atoms with Gasteiger partial charge in [-0.2, -0.15) is 0 Å². The monoisotopic (exact) mass is 284 g/mol. The number of halogens is 1. The summed E-state index contributed by atoms with van der Waals surface area (Å²) in [5, 5.41) is 0.878. The number of aryl methyl sites for hydroxylation is 1. The van der Waals surface area contributed by atoms with Gasteiger partial charge in [-0.05, 0) is 42.3 Å². The summed E-state index contributed by atoms with van der Waals surface area (Å²) in [6.45, 7) is 2.18. The molecular weight excluding hydrogens is 271 g/mol. The maximum Gasteiger partial charge on any atom is 0.336 e. The lowest BCUT2D eigenvalue weighted by molar-refractivity contribution is 0.306. The van der Waals surface area contributed by atoms with E-state index >= 15 is 0 Å². The van der Waals surface area contributed by atoms with Crippen LogP contribution < -0.4 is 10.4 Å². The van der Waals surface area contributed by atoms with Crippen LogP contribution in [0.15, 0.2) is 57.7 Å². The third-order valence-electron chi connectivity index (χ3n) is 3.24. The molecule has 1 aromatic heterocycles. The number of benzene rings is 2. The van der Waals surface area contributed by atoms with Gasteiger partial charge >= 0.3 is 5.63 Å². The summed E-state index contributed by atoms with van der Waals surface area (Å²) >= 11 is 0. The molecule has 0 bridgehead atoms. The van der Waals surface area contributed by atoms with Crippen LogP contribution in [-0.2, 0) is 6.61 Å². The second-order valence-corrected chi connectivity index (χ2v) is 4.82. The Morgan fingerprint density at radius 1 is 1.10 bits per heavy atom. The average Bonchev–Trinajstić information content (AvgIpc) is 2.46. The van der Waals surface area contributed by atoms with Crippen LogP contribution in [0, 0.1) is 12.7 Å². The minimum Gasteiger partial charge on any atom is -0.489 e. The molecule has 3 nitrogen and oxygen atoms in total. The van der Waals surface area contributed by atoms with Gasteiger partial charge in [-0.15, -0.1) is 0 Å². The molecule has 4 heteroatoms. The first-order valence-electron chi connectivity index (χ1n) is 6.53. The van der Waals surface area contributed by atoms with Crippen LogP contribution >= 0.6 is 0 Å². The Morgan fingerprint density at radius 3 is 2.62 bits per heavy atom. The van der Waals surface area contributed by atoms with Crippen LogP contribution in [0.1, 0.15) is 11.1 Å². The zero-order chi connectivity index (χ0) is 14.8. The lowest BCUT2D eigenvalue weighted by Gasteiger charge is -2.07. The summed E-state index contributed by atoms with van der Waals surface area (Å²) in [4.78, 5) is 11.4. The number of ether oxygens (including phenoxy) is 1. The molecule has 0 atom stereocenters. The fourth-order valence-electron chi connectivity index (χ4n) is 2.14. The van der Waals surface area contributed by atoms with Gasteiger partial charge in [-0.25, -0.2) is 9.18 Å². The Hall–Kier alpha value is -2.62. The van der Waals surface area contributed by atoms with Crippen LogP contribution in [0.5, 0.6) is 5.75 Å². The lowest BCUT2D eigenvalue weighted by Crippen LogP contribution is -1.99. The number of rotatable bonds is 3. The van der Waals surface area contributed by atoms with E-state index < -0.39 is 0 Å². The molecule has 106 valence electrons. The lowest BCUT2D eigenvalue weighted by atomic mass is 10.1. The molecule has 0 radical (unpaired) electrons. The Morgan fingerprint density at radius 2 is 1.86 bits per heavy atom. The first kappa shape index (κ1) is 13.4. The minimum absolute atomic E-state index is 0.276. The molecule has 0 fully saturated rings. The fraction of sp³-hybridized carbons (Fsp3) is 0.118. The van der Waals surface area contributed by atoms with Gasteiger partial charge in [0.1, 0.15) is 23.8 Å². The quantitative estimate of drug-likeness (QED) is 0.686. The molecule has 0 aliphatic rings. The van der Waals surface area contributed by atoms with Gasteiger partial charge < -0.3 is 9.15 Å². The van der Waals surface area contributed by atoms with Gasteiger partial charge in [0.05, 0.1) is 0 Å². The third kappa shape index (κ3) is 2.94. The Bertz CT molecular complexity index is 835. The van der Waals surface area contributed by atoms with Crippen molar-refractivity contribution in [3.63, 3.8) is 0 Å². The van der Waals surface area contributed by atoms with Crippen molar-refractivity contribution in [3.05, 3.63) is 75.9 Å². The smallest absolute Gasteiger partial charge is 0.336 e. The zero-order valence-corrected chi connectivity index (χ0v) is 11.4. The normalized spacial score (nSPS) is 10.8. The Balaban J connectivity index is 1.84. The highest BCUT2D eigenvalue weighted by Crippen LogP contribution is 2.22. The van der Waals surface area contributed by atoms with Crippen molar-refractivity contribution in [2.75, 3.05) is 0 Å². The Kier molecular flexibility index (Phi) is 3.44. The second kappa shape index (κ2) is 5.40. The van der Waals surface area contributed by atoms with E-state index in [4.69, 9.17) is 9.15 Å². The standard InChI is InChI=1S/C17H13FO3/c1-11-8-17(19)21-16-9-14(6-7-15(11)16)20-10-12-2-4-13(18)5-3-12/h2-9H,10H2,1H3. The average molecular weight is 284 g/mol. The van der Waals surface area contributed by atoms with Crippen molar-refractivity contribution in [2.45, 2.75) is 13.5 Å². The highest BCUT2D eigenvalue weighted by atomic mass is 19.1. The van der Waals surface area contributed by atoms with Gasteiger partial charge in [0, 0.05) is 17.5 Å². The Labute approximate surface area is 120 Å². The molecule has 0 spiro atoms. The van der Waals surface area contributed by atoms with Crippen LogP contribution in [0.3, 0.4) is 0 Å². The molecule has 0 aliphatic heterocycles. The van der Waals surface area contributed by atoms with E-state index in [-0.39, 0.29) is 11.4 Å². The van der Waals surface area contributed by atoms with Gasteiger partial charge in [0.15, 0.2) is 0 Å². The van der Waals surface area contributed by atoms with Crippen LogP contribution in [0.4, 0.5) is 4.39 Å². The molecule has 3 aromatic rings. The van der Waals surface area contributed by atoms with E-state index in [1.165, 1.54) is 18.2 Å². The number of hydrogen-bond acceptors (Lipinski definition) is 3. The van der Waals surface area contributed by atoms with Gasteiger partial charge in [0.2, 0.25) is 0 Å². The molecular formula is C17H13FO3. The summed E-state index contributed by atoms with van der Waals surface area (Å²) < 4.78 is 23.6. The van der Waals surface area contributed by atoms with E-state index in [0.717, 1.165) is 16.5 Å². The maximum atomic E-state index is 12.8. The predicted molar refractivity (Wildman–Crippen MR) is 78.0 cm³/mol. The molecule has 1 heterocycles. The minimum atomic E-state index is -0.379. The van der Waals surface area contributed by atoms with E-state index in [0.29, 0.717) is 17.9 Å². The van der Waals surface area contributed by atoms with E-state index in [9.17, 15) is 9.18 Å². The highest BCUT2D eigenvalue weighted by Gasteiger charge is 2.04. The fourth-order valence-corrected chi connectivity index (χ4v) is 2.14. The van der Waals surface area contributed by atoms with Crippen molar-refractivity contribution in [1.29, 1.82) is 0 Å². The highest BCUT2D eigenvalue weighted by molar-refractivity contribution is 5.81. The molecule has 0 saturated carbocycles. The molecule has 0 amide bonds. The molecule has 0 unspecified atom stereocenters. The largest absolute Gasteiger partial charge is 0.489 e. The summed E-state index contributed by atoms with van der Waals surface area (Å²) in [5.74, 6) is 0.322. The van der Waals surface area contributed by atoms with Crippen molar-refractivity contribution >= 4 is 11.0 Å². The van der Waals surface area contributed by atoms with Crippen molar-refractivity contribution in [2.24, 2.45) is 0 Å². The van der Waals surface area contributed by atoms with Gasteiger partial charge in [-0.1, -0.05) is 12.1 Å². The number of fused-ring (bicyclic) bond motifs is 1. The summed E-state index contributed by atoms with van der Waals surface area (Å²) in [6.07, 6.45) is 0. The molecule has 0 N–H and O–H groups in total. The molecule has 3 rings (SSSR count). The summed E-state index contributed by atoms with van der Waals surface area (Å²) in [6, 6.07) is 12.9. The van der Waals surface area contributed by atoms with Crippen LogP contribution in [0.25, 0.3) is 11.0 Å². The van der Waals surface area contributed by atoms with Crippen molar-refractivity contribution in [3.8, 4) is 5.75 Å². The summed E-state index contributed by atoms with van der Waals surface area (Å²) in [5.41, 5.74) is 1.85. The van der Waals surface area contributed by atoms with Crippen LogP contribution in [-0.4, -0.2) is 0 Å². The van der Waals surface area contributed by atoms with Crippen molar-refractivity contribution < 1.29 is 13.5 Å². The number of hydrogen-bond donors (Lipinski definition) is 0. The molecule has 0 saturated heterocycles. The first-order valence-corrected chi connectivity index (χ1v) is 6.53. The summed E-state index contributed by atoms with van der Waals surface area (Å²) in [7, 11) is 0. The van der Waals surface area contributed by atoms with E-state index in [1.807, 2.05) is 19.1 Å². The molecule has 0 aliphatic carbocycles. The third-order valence-corrected chi connectivity index (χ3v) is 3.24. The van der Waals surface area contributed by atoms with E-state index in [1.54, 1.807) is 18.2 Å². The topological polar surface area (TPSA) is 39.4 Å². The SMILES string of the molecule is Cc1cc(=O)oc2cc(OCc3ccc(F)cc3)ccc12.